The summed E-state index contributed by atoms with van der Waals surface area (Å²) in [4.78, 5) is 0. The van der Waals surface area contributed by atoms with Crippen LogP contribution in [0.15, 0.2) is 30.5 Å². The first-order valence-corrected chi connectivity index (χ1v) is 5.85. The normalized spacial score (nSPS) is 10.7. The van der Waals surface area contributed by atoms with Crippen LogP contribution in [0.5, 0.6) is 0 Å². The summed E-state index contributed by atoms with van der Waals surface area (Å²) in [5.74, 6) is 0. The lowest BCUT2D eigenvalue weighted by molar-refractivity contribution is 0.610. The predicted molar refractivity (Wildman–Crippen MR) is 67.1 cm³/mol. The number of aromatic nitrogens is 2. The van der Waals surface area contributed by atoms with Gasteiger partial charge in [0.1, 0.15) is 0 Å². The van der Waals surface area contributed by atoms with Gasteiger partial charge in [0.2, 0.25) is 0 Å². The van der Waals surface area contributed by atoms with Gasteiger partial charge in [-0.15, -0.1) is 0 Å². The highest BCUT2D eigenvalue weighted by molar-refractivity contribution is 6.35. The van der Waals surface area contributed by atoms with Crippen LogP contribution >= 0.6 is 23.2 Å². The number of nitrogens with zero attached hydrogens (tertiary/aromatic N) is 2. The highest BCUT2D eigenvalue weighted by Crippen LogP contribution is 2.21. The topological polar surface area (TPSA) is 17.8 Å². The molecule has 2 aromatic rings. The van der Waals surface area contributed by atoms with Crippen LogP contribution in [0.25, 0.3) is 0 Å². The van der Waals surface area contributed by atoms with E-state index in [1.807, 2.05) is 36.0 Å². The smallest absolute Gasteiger partial charge is 0.0593 e. The molecule has 1 aromatic carbocycles. The molecule has 0 bridgehead atoms. The molecule has 0 fully saturated rings. The molecule has 0 aliphatic rings. The SMILES string of the molecule is Cc1ccn(CCc2ccc(Cl)cc2Cl)n1. The Morgan fingerprint density at radius 1 is 1.25 bits per heavy atom. The Morgan fingerprint density at radius 2 is 2.06 bits per heavy atom. The highest BCUT2D eigenvalue weighted by atomic mass is 35.5. The zero-order valence-corrected chi connectivity index (χ0v) is 10.5. The summed E-state index contributed by atoms with van der Waals surface area (Å²) in [5, 5.41) is 5.71. The van der Waals surface area contributed by atoms with E-state index in [0.29, 0.717) is 5.02 Å². The molecule has 0 saturated heterocycles. The van der Waals surface area contributed by atoms with Gasteiger partial charge in [0.25, 0.3) is 0 Å². The molecule has 2 rings (SSSR count). The van der Waals surface area contributed by atoms with Gasteiger partial charge in [0, 0.05) is 22.8 Å². The second-order valence-corrected chi connectivity index (χ2v) is 4.55. The lowest BCUT2D eigenvalue weighted by Crippen LogP contribution is -2.02. The molecular weight excluding hydrogens is 243 g/mol. The average Bonchev–Trinajstić information content (AvgIpc) is 2.63. The average molecular weight is 255 g/mol. The molecule has 0 spiro atoms. The maximum atomic E-state index is 6.09. The summed E-state index contributed by atoms with van der Waals surface area (Å²) in [6.07, 6.45) is 2.83. The second kappa shape index (κ2) is 4.89. The fourth-order valence-corrected chi connectivity index (χ4v) is 2.05. The van der Waals surface area contributed by atoms with Crippen LogP contribution in [0, 0.1) is 6.92 Å². The zero-order valence-electron chi connectivity index (χ0n) is 8.95. The van der Waals surface area contributed by atoms with Crippen LogP contribution < -0.4 is 0 Å². The van der Waals surface area contributed by atoms with Gasteiger partial charge in [0.05, 0.1) is 5.69 Å². The van der Waals surface area contributed by atoms with E-state index in [9.17, 15) is 0 Å². The Morgan fingerprint density at radius 3 is 2.69 bits per heavy atom. The third-order valence-electron chi connectivity index (χ3n) is 2.40. The molecule has 0 aliphatic carbocycles. The minimum Gasteiger partial charge on any atom is -0.272 e. The molecule has 1 aromatic heterocycles. The molecule has 4 heteroatoms. The molecule has 84 valence electrons. The Balaban J connectivity index is 2.04. The van der Waals surface area contributed by atoms with Crippen molar-refractivity contribution in [3.63, 3.8) is 0 Å². The predicted octanol–water partition coefficient (Wildman–Crippen LogP) is 3.74. The second-order valence-electron chi connectivity index (χ2n) is 3.71. The van der Waals surface area contributed by atoms with Crippen LogP contribution in [-0.4, -0.2) is 9.78 Å². The van der Waals surface area contributed by atoms with Gasteiger partial charge >= 0.3 is 0 Å². The first-order valence-electron chi connectivity index (χ1n) is 5.09. The summed E-state index contributed by atoms with van der Waals surface area (Å²) >= 11 is 11.9. The third kappa shape index (κ3) is 2.77. The molecule has 0 radical (unpaired) electrons. The summed E-state index contributed by atoms with van der Waals surface area (Å²) in [6, 6.07) is 7.58. The standard InChI is InChI=1S/C12H12Cl2N2/c1-9-4-6-16(15-9)7-5-10-2-3-11(13)8-12(10)14/h2-4,6,8H,5,7H2,1H3. The molecule has 0 saturated carbocycles. The minimum absolute atomic E-state index is 0.670. The van der Waals surface area contributed by atoms with Crippen molar-refractivity contribution in [1.82, 2.24) is 9.78 Å². The van der Waals surface area contributed by atoms with Gasteiger partial charge in [0.15, 0.2) is 0 Å². The largest absolute Gasteiger partial charge is 0.272 e. The number of rotatable bonds is 3. The Bertz CT molecular complexity index is 492. The Hall–Kier alpha value is -0.990. The van der Waals surface area contributed by atoms with Gasteiger partial charge in [-0.1, -0.05) is 29.3 Å². The van der Waals surface area contributed by atoms with Crippen LogP contribution in [-0.2, 0) is 13.0 Å². The lowest BCUT2D eigenvalue weighted by atomic mass is 10.1. The van der Waals surface area contributed by atoms with Gasteiger partial charge < -0.3 is 0 Å². The number of hydrogen-bond acceptors (Lipinski definition) is 1. The maximum Gasteiger partial charge on any atom is 0.0593 e. The number of hydrogen-bond donors (Lipinski definition) is 0. The van der Waals surface area contributed by atoms with E-state index in [1.165, 1.54) is 0 Å². The molecule has 0 atom stereocenters. The summed E-state index contributed by atoms with van der Waals surface area (Å²) in [7, 11) is 0. The first kappa shape index (κ1) is 11.5. The number of benzene rings is 1. The molecule has 0 unspecified atom stereocenters. The lowest BCUT2D eigenvalue weighted by Gasteiger charge is -2.05. The van der Waals surface area contributed by atoms with Gasteiger partial charge in [-0.3, -0.25) is 4.68 Å². The summed E-state index contributed by atoms with van der Waals surface area (Å²) < 4.78 is 1.92. The molecule has 0 aliphatic heterocycles. The van der Waals surface area contributed by atoms with Gasteiger partial charge in [-0.05, 0) is 37.1 Å². The fourth-order valence-electron chi connectivity index (χ4n) is 1.55. The van der Waals surface area contributed by atoms with E-state index in [0.717, 1.165) is 29.2 Å². The number of aryl methyl sites for hydroxylation is 3. The van der Waals surface area contributed by atoms with E-state index in [4.69, 9.17) is 23.2 Å². The molecule has 1 heterocycles. The molecule has 16 heavy (non-hydrogen) atoms. The maximum absolute atomic E-state index is 6.09. The first-order chi connectivity index (χ1) is 7.65. The van der Waals surface area contributed by atoms with Crippen LogP contribution in [0.2, 0.25) is 10.0 Å². The monoisotopic (exact) mass is 254 g/mol. The van der Waals surface area contributed by atoms with E-state index < -0.39 is 0 Å². The molecule has 0 N–H and O–H groups in total. The number of halogens is 2. The van der Waals surface area contributed by atoms with Crippen molar-refractivity contribution in [2.45, 2.75) is 19.9 Å². The molecular formula is C12H12Cl2N2. The van der Waals surface area contributed by atoms with Gasteiger partial charge in [-0.25, -0.2) is 0 Å². The molecule has 0 amide bonds. The Labute approximate surface area is 105 Å². The van der Waals surface area contributed by atoms with E-state index in [1.54, 1.807) is 6.07 Å². The van der Waals surface area contributed by atoms with Crippen molar-refractivity contribution in [3.05, 3.63) is 51.8 Å². The highest BCUT2D eigenvalue weighted by Gasteiger charge is 2.02. The quantitative estimate of drug-likeness (QED) is 0.816. The van der Waals surface area contributed by atoms with Crippen molar-refractivity contribution >= 4 is 23.2 Å². The summed E-state index contributed by atoms with van der Waals surface area (Å²) in [6.45, 7) is 2.81. The minimum atomic E-state index is 0.670. The van der Waals surface area contributed by atoms with Crippen molar-refractivity contribution < 1.29 is 0 Å². The molecule has 2 nitrogen and oxygen atoms in total. The van der Waals surface area contributed by atoms with Gasteiger partial charge in [-0.2, -0.15) is 5.10 Å². The van der Waals surface area contributed by atoms with Crippen LogP contribution in [0.1, 0.15) is 11.3 Å². The van der Waals surface area contributed by atoms with Crippen LogP contribution in [0.3, 0.4) is 0 Å². The fraction of sp³-hybridized carbons (Fsp3) is 0.250. The third-order valence-corrected chi connectivity index (χ3v) is 2.99. The summed E-state index contributed by atoms with van der Waals surface area (Å²) in [5.41, 5.74) is 2.13. The zero-order chi connectivity index (χ0) is 11.5. The van der Waals surface area contributed by atoms with Crippen molar-refractivity contribution in [3.8, 4) is 0 Å². The van der Waals surface area contributed by atoms with Crippen molar-refractivity contribution in [2.24, 2.45) is 0 Å². The van der Waals surface area contributed by atoms with E-state index in [2.05, 4.69) is 5.10 Å². The Kier molecular flexibility index (Phi) is 3.52. The van der Waals surface area contributed by atoms with Crippen LogP contribution in [0.4, 0.5) is 0 Å². The van der Waals surface area contributed by atoms with E-state index in [-0.39, 0.29) is 0 Å². The van der Waals surface area contributed by atoms with Crippen molar-refractivity contribution in [1.29, 1.82) is 0 Å². The van der Waals surface area contributed by atoms with Crippen molar-refractivity contribution in [2.75, 3.05) is 0 Å². The van der Waals surface area contributed by atoms with E-state index >= 15 is 0 Å².